The highest BCUT2D eigenvalue weighted by Crippen LogP contribution is 2.28. The summed E-state index contributed by atoms with van der Waals surface area (Å²) in [5, 5.41) is 0. The molecule has 5 heteroatoms. The van der Waals surface area contributed by atoms with E-state index < -0.39 is 17.5 Å². The Balaban J connectivity index is 2.28. The van der Waals surface area contributed by atoms with Crippen molar-refractivity contribution in [1.82, 2.24) is 9.97 Å². The number of nitrogens with one attached hydrogen (secondary N) is 1. The largest absolute Gasteiger partial charge is 0.338 e. The van der Waals surface area contributed by atoms with Crippen molar-refractivity contribution >= 4 is 11.0 Å². The topological polar surface area (TPSA) is 28.7 Å². The molecule has 0 aliphatic carbocycles. The number of nitrogens with zero attached hydrogens (tertiary/aromatic N) is 1. The first-order chi connectivity index (χ1) is 9.45. The van der Waals surface area contributed by atoms with Crippen molar-refractivity contribution in [2.24, 2.45) is 0 Å². The minimum Gasteiger partial charge on any atom is -0.338 e. The minimum absolute atomic E-state index is 0.0590. The van der Waals surface area contributed by atoms with E-state index in [1.54, 1.807) is 0 Å². The maximum Gasteiger partial charge on any atom is 0.144 e. The molecule has 102 valence electrons. The molecule has 0 aliphatic rings. The second-order valence-electron chi connectivity index (χ2n) is 4.81. The fourth-order valence-corrected chi connectivity index (χ4v) is 2.36. The standard InChI is InChI=1S/C15H11F3N2/c1-7-3-8(2)14-12(4-7)19-15(20-14)13-10(17)5-9(16)6-11(13)18/h3-6H,1-2H3,(H,19,20). The zero-order valence-corrected chi connectivity index (χ0v) is 10.9. The van der Waals surface area contributed by atoms with E-state index >= 15 is 0 Å². The molecule has 1 N–H and O–H groups in total. The molecule has 3 rings (SSSR count). The van der Waals surface area contributed by atoms with Gasteiger partial charge in [-0.2, -0.15) is 0 Å². The SMILES string of the molecule is Cc1cc(C)c2nc(-c3c(F)cc(F)cc3F)[nH]c2c1. The zero-order chi connectivity index (χ0) is 14.4. The van der Waals surface area contributed by atoms with Gasteiger partial charge in [-0.1, -0.05) is 6.07 Å². The number of imidazole rings is 1. The molecule has 0 amide bonds. The lowest BCUT2D eigenvalue weighted by molar-refractivity contribution is 0.547. The van der Waals surface area contributed by atoms with Crippen LogP contribution < -0.4 is 0 Å². The molecule has 0 fully saturated rings. The number of aromatic nitrogens is 2. The van der Waals surface area contributed by atoms with E-state index in [1.807, 2.05) is 26.0 Å². The van der Waals surface area contributed by atoms with Crippen LogP contribution in [0.1, 0.15) is 11.1 Å². The molecule has 0 atom stereocenters. The fourth-order valence-electron chi connectivity index (χ4n) is 2.36. The van der Waals surface area contributed by atoms with Gasteiger partial charge in [-0.15, -0.1) is 0 Å². The lowest BCUT2D eigenvalue weighted by Gasteiger charge is -2.01. The van der Waals surface area contributed by atoms with Gasteiger partial charge in [0.15, 0.2) is 0 Å². The van der Waals surface area contributed by atoms with Crippen LogP contribution in [0, 0.1) is 31.3 Å². The molecule has 0 unspecified atom stereocenters. The summed E-state index contributed by atoms with van der Waals surface area (Å²) in [6.45, 7) is 3.79. The highest BCUT2D eigenvalue weighted by atomic mass is 19.1. The van der Waals surface area contributed by atoms with Gasteiger partial charge in [0, 0.05) is 12.1 Å². The van der Waals surface area contributed by atoms with Gasteiger partial charge in [0.25, 0.3) is 0 Å². The van der Waals surface area contributed by atoms with E-state index in [-0.39, 0.29) is 11.4 Å². The van der Waals surface area contributed by atoms with Crippen molar-refractivity contribution < 1.29 is 13.2 Å². The number of fused-ring (bicyclic) bond motifs is 1. The number of aromatic amines is 1. The van der Waals surface area contributed by atoms with Crippen molar-refractivity contribution in [1.29, 1.82) is 0 Å². The highest BCUT2D eigenvalue weighted by molar-refractivity contribution is 5.83. The van der Waals surface area contributed by atoms with Gasteiger partial charge >= 0.3 is 0 Å². The van der Waals surface area contributed by atoms with Gasteiger partial charge in [-0.25, -0.2) is 18.2 Å². The Hall–Kier alpha value is -2.30. The van der Waals surface area contributed by atoms with Crippen LogP contribution in [0.2, 0.25) is 0 Å². The summed E-state index contributed by atoms with van der Waals surface area (Å²) < 4.78 is 40.5. The molecule has 0 aliphatic heterocycles. The van der Waals surface area contributed by atoms with Gasteiger partial charge in [-0.3, -0.25) is 0 Å². The number of hydrogen-bond acceptors (Lipinski definition) is 1. The number of rotatable bonds is 1. The summed E-state index contributed by atoms with van der Waals surface area (Å²) in [6, 6.07) is 5.07. The Morgan fingerprint density at radius 2 is 1.60 bits per heavy atom. The van der Waals surface area contributed by atoms with Gasteiger partial charge in [0.05, 0.1) is 16.6 Å². The monoisotopic (exact) mass is 276 g/mol. The van der Waals surface area contributed by atoms with E-state index in [4.69, 9.17) is 0 Å². The van der Waals surface area contributed by atoms with Crippen LogP contribution in [0.15, 0.2) is 24.3 Å². The van der Waals surface area contributed by atoms with E-state index in [1.165, 1.54) is 0 Å². The Kier molecular flexibility index (Phi) is 2.78. The Morgan fingerprint density at radius 1 is 0.950 bits per heavy atom. The zero-order valence-electron chi connectivity index (χ0n) is 10.9. The van der Waals surface area contributed by atoms with Crippen molar-refractivity contribution in [3.8, 4) is 11.4 Å². The summed E-state index contributed by atoms with van der Waals surface area (Å²) in [5.41, 5.74) is 2.92. The second-order valence-corrected chi connectivity index (χ2v) is 4.81. The van der Waals surface area contributed by atoms with Crippen LogP contribution in [-0.2, 0) is 0 Å². The fraction of sp³-hybridized carbons (Fsp3) is 0.133. The molecule has 2 aromatic carbocycles. The lowest BCUT2D eigenvalue weighted by Crippen LogP contribution is -1.93. The molecule has 0 spiro atoms. The third kappa shape index (κ3) is 1.95. The van der Waals surface area contributed by atoms with Crippen molar-refractivity contribution in [2.45, 2.75) is 13.8 Å². The number of H-pyrrole nitrogens is 1. The highest BCUT2D eigenvalue weighted by Gasteiger charge is 2.17. The molecule has 0 bridgehead atoms. The summed E-state index contributed by atoms with van der Waals surface area (Å²) in [6.07, 6.45) is 0. The first-order valence-corrected chi connectivity index (χ1v) is 6.07. The van der Waals surface area contributed by atoms with Crippen molar-refractivity contribution in [3.63, 3.8) is 0 Å². The predicted octanol–water partition coefficient (Wildman–Crippen LogP) is 4.26. The molecule has 0 saturated carbocycles. The molecule has 3 aromatic rings. The molecule has 1 heterocycles. The minimum atomic E-state index is -0.976. The number of hydrogen-bond donors (Lipinski definition) is 1. The van der Waals surface area contributed by atoms with Crippen molar-refractivity contribution in [3.05, 3.63) is 52.8 Å². The molecule has 0 saturated heterocycles. The summed E-state index contributed by atoms with van der Waals surface area (Å²) >= 11 is 0. The number of halogens is 3. The average Bonchev–Trinajstić information content (AvgIpc) is 2.71. The van der Waals surface area contributed by atoms with Gasteiger partial charge in [0.1, 0.15) is 23.3 Å². The van der Waals surface area contributed by atoms with Crippen LogP contribution in [0.5, 0.6) is 0 Å². The third-order valence-electron chi connectivity index (χ3n) is 3.17. The normalized spacial score (nSPS) is 11.2. The smallest absolute Gasteiger partial charge is 0.144 e. The molecule has 2 nitrogen and oxygen atoms in total. The number of benzene rings is 2. The predicted molar refractivity (Wildman–Crippen MR) is 70.9 cm³/mol. The molecule has 0 radical (unpaired) electrons. The Morgan fingerprint density at radius 3 is 2.25 bits per heavy atom. The van der Waals surface area contributed by atoms with Crippen LogP contribution in [-0.4, -0.2) is 9.97 Å². The van der Waals surface area contributed by atoms with Crippen molar-refractivity contribution in [2.75, 3.05) is 0 Å². The van der Waals surface area contributed by atoms with E-state index in [9.17, 15) is 13.2 Å². The third-order valence-corrected chi connectivity index (χ3v) is 3.17. The first kappa shape index (κ1) is 12.7. The van der Waals surface area contributed by atoms with E-state index in [0.29, 0.717) is 23.2 Å². The molecule has 1 aromatic heterocycles. The van der Waals surface area contributed by atoms with Crippen LogP contribution in [0.25, 0.3) is 22.4 Å². The van der Waals surface area contributed by atoms with Gasteiger partial charge in [-0.05, 0) is 31.0 Å². The molecule has 20 heavy (non-hydrogen) atoms. The van der Waals surface area contributed by atoms with Gasteiger partial charge < -0.3 is 4.98 Å². The summed E-state index contributed by atoms with van der Waals surface area (Å²) in [4.78, 5) is 7.10. The maximum atomic E-state index is 13.8. The number of aryl methyl sites for hydroxylation is 2. The second kappa shape index (κ2) is 4.37. The molecular weight excluding hydrogens is 265 g/mol. The Labute approximate surface area is 113 Å². The quantitative estimate of drug-likeness (QED) is 0.706. The molecular formula is C15H11F3N2. The maximum absolute atomic E-state index is 13.8. The van der Waals surface area contributed by atoms with Crippen LogP contribution in [0.4, 0.5) is 13.2 Å². The van der Waals surface area contributed by atoms with Crippen LogP contribution >= 0.6 is 0 Å². The first-order valence-electron chi connectivity index (χ1n) is 6.07. The summed E-state index contributed by atoms with van der Waals surface area (Å²) in [7, 11) is 0. The Bertz CT molecular complexity index is 798. The lowest BCUT2D eigenvalue weighted by atomic mass is 10.1. The summed E-state index contributed by atoms with van der Waals surface area (Å²) in [5.74, 6) is -2.84. The van der Waals surface area contributed by atoms with Crippen LogP contribution in [0.3, 0.4) is 0 Å². The average molecular weight is 276 g/mol. The van der Waals surface area contributed by atoms with Gasteiger partial charge in [0.2, 0.25) is 0 Å². The van der Waals surface area contributed by atoms with E-state index in [0.717, 1.165) is 11.1 Å². The van der Waals surface area contributed by atoms with E-state index in [2.05, 4.69) is 9.97 Å².